The molecule has 0 aromatic heterocycles. The maximum absolute atomic E-state index is 11.2. The van der Waals surface area contributed by atoms with Crippen molar-refractivity contribution in [3.8, 4) is 0 Å². The first-order chi connectivity index (χ1) is 14.1. The third-order valence-electron chi connectivity index (χ3n) is 5.87. The number of carbonyl (C=O) groups is 1. The largest absolute Gasteiger partial charge is 0.369 e. The van der Waals surface area contributed by atoms with E-state index in [1.54, 1.807) is 0 Å². The van der Waals surface area contributed by atoms with Crippen LogP contribution in [-0.4, -0.2) is 61.3 Å². The zero-order chi connectivity index (χ0) is 20.5. The van der Waals surface area contributed by atoms with E-state index in [4.69, 9.17) is 5.73 Å². The maximum atomic E-state index is 11.2. The number of nitrogens with one attached hydrogen (secondary N) is 2. The lowest BCUT2D eigenvalue weighted by Crippen LogP contribution is -2.41. The second kappa shape index (κ2) is 10.9. The number of aliphatic imine (C=N–C) groups is 1. The van der Waals surface area contributed by atoms with Crippen LogP contribution in [0.2, 0.25) is 0 Å². The van der Waals surface area contributed by atoms with Crippen LogP contribution >= 0.6 is 11.8 Å². The van der Waals surface area contributed by atoms with Crippen molar-refractivity contribution in [2.24, 2.45) is 16.6 Å². The normalized spacial score (nSPS) is 19.7. The molecule has 0 radical (unpaired) electrons. The summed E-state index contributed by atoms with van der Waals surface area (Å²) in [5.74, 6) is 0.840. The van der Waals surface area contributed by atoms with Crippen molar-refractivity contribution in [3.05, 3.63) is 30.3 Å². The van der Waals surface area contributed by atoms with Gasteiger partial charge in [0.1, 0.15) is 0 Å². The Morgan fingerprint density at radius 1 is 1.21 bits per heavy atom. The van der Waals surface area contributed by atoms with E-state index >= 15 is 0 Å². The minimum absolute atomic E-state index is 0.0807. The molecule has 7 heteroatoms. The van der Waals surface area contributed by atoms with Crippen molar-refractivity contribution in [1.29, 1.82) is 0 Å². The summed E-state index contributed by atoms with van der Waals surface area (Å²) < 4.78 is 0.315. The second-order valence-electron chi connectivity index (χ2n) is 8.18. The fraction of sp³-hybridized carbons (Fsp3) is 0.636. The number of rotatable bonds is 10. The first-order valence-electron chi connectivity index (χ1n) is 10.8. The van der Waals surface area contributed by atoms with Crippen molar-refractivity contribution >= 4 is 23.6 Å². The topological polar surface area (TPSA) is 82.8 Å². The molecule has 6 nitrogen and oxygen atoms in total. The lowest BCUT2D eigenvalue weighted by molar-refractivity contribution is -0.123. The molecule has 1 aromatic rings. The highest BCUT2D eigenvalue weighted by Crippen LogP contribution is 2.51. The van der Waals surface area contributed by atoms with Crippen LogP contribution in [0.3, 0.4) is 0 Å². The molecule has 160 valence electrons. The van der Waals surface area contributed by atoms with E-state index in [2.05, 4.69) is 50.9 Å². The SMILES string of the molecule is CN=C(NCCCCN1CCC(C(N)=O)CC1)NCC1(Sc2ccccc2)CC1. The number of piperidine rings is 1. The van der Waals surface area contributed by atoms with Crippen molar-refractivity contribution in [3.63, 3.8) is 0 Å². The number of nitrogens with zero attached hydrogens (tertiary/aromatic N) is 2. The van der Waals surface area contributed by atoms with Gasteiger partial charge in [0.05, 0.1) is 0 Å². The fourth-order valence-electron chi connectivity index (χ4n) is 3.77. The third kappa shape index (κ3) is 7.23. The van der Waals surface area contributed by atoms with Crippen LogP contribution in [0, 0.1) is 5.92 Å². The van der Waals surface area contributed by atoms with Gasteiger partial charge in [-0.1, -0.05) is 18.2 Å². The van der Waals surface area contributed by atoms with E-state index in [1.807, 2.05) is 18.8 Å². The number of amides is 1. The Bertz CT molecular complexity index is 669. The van der Waals surface area contributed by atoms with Crippen LogP contribution in [0.5, 0.6) is 0 Å². The number of guanidine groups is 1. The molecule has 1 aliphatic carbocycles. The average Bonchev–Trinajstić information content (AvgIpc) is 3.50. The zero-order valence-corrected chi connectivity index (χ0v) is 18.3. The first kappa shape index (κ1) is 22.0. The molecule has 0 unspecified atom stereocenters. The van der Waals surface area contributed by atoms with Gasteiger partial charge in [0.15, 0.2) is 5.96 Å². The Labute approximate surface area is 179 Å². The summed E-state index contributed by atoms with van der Waals surface area (Å²) >= 11 is 1.98. The highest BCUT2D eigenvalue weighted by Gasteiger charge is 2.43. The smallest absolute Gasteiger partial charge is 0.220 e. The van der Waals surface area contributed by atoms with Crippen molar-refractivity contribution in [2.75, 3.05) is 39.8 Å². The predicted octanol–water partition coefficient (Wildman–Crippen LogP) is 2.45. The van der Waals surface area contributed by atoms with Crippen LogP contribution in [0.25, 0.3) is 0 Å². The quantitative estimate of drug-likeness (QED) is 0.309. The summed E-state index contributed by atoms with van der Waals surface area (Å²) in [5, 5.41) is 6.96. The number of likely N-dealkylation sites (tertiary alicyclic amines) is 1. The highest BCUT2D eigenvalue weighted by molar-refractivity contribution is 8.01. The number of benzene rings is 1. The van der Waals surface area contributed by atoms with Gasteiger partial charge in [0.2, 0.25) is 5.91 Å². The van der Waals surface area contributed by atoms with Gasteiger partial charge in [-0.05, 0) is 70.3 Å². The summed E-state index contributed by atoms with van der Waals surface area (Å²) in [6.07, 6.45) is 6.59. The molecule has 1 heterocycles. The molecule has 1 aromatic carbocycles. The summed E-state index contributed by atoms with van der Waals surface area (Å²) in [6, 6.07) is 10.7. The van der Waals surface area contributed by atoms with E-state index in [1.165, 1.54) is 17.7 Å². The number of carbonyl (C=O) groups excluding carboxylic acids is 1. The number of thioether (sulfide) groups is 1. The second-order valence-corrected chi connectivity index (χ2v) is 9.72. The van der Waals surface area contributed by atoms with Crippen LogP contribution in [0.1, 0.15) is 38.5 Å². The first-order valence-corrected chi connectivity index (χ1v) is 11.6. The third-order valence-corrected chi connectivity index (χ3v) is 7.36. The summed E-state index contributed by atoms with van der Waals surface area (Å²) in [6.45, 7) is 4.95. The van der Waals surface area contributed by atoms with Gasteiger partial charge >= 0.3 is 0 Å². The van der Waals surface area contributed by atoms with Crippen molar-refractivity contribution < 1.29 is 4.79 Å². The Morgan fingerprint density at radius 3 is 2.55 bits per heavy atom. The monoisotopic (exact) mass is 417 g/mol. The lowest BCUT2D eigenvalue weighted by Gasteiger charge is -2.30. The summed E-state index contributed by atoms with van der Waals surface area (Å²) in [5.41, 5.74) is 5.40. The summed E-state index contributed by atoms with van der Waals surface area (Å²) in [7, 11) is 1.84. The molecule has 29 heavy (non-hydrogen) atoms. The molecule has 1 saturated heterocycles. The van der Waals surface area contributed by atoms with Crippen LogP contribution in [0.15, 0.2) is 40.2 Å². The Balaban J connectivity index is 1.27. The van der Waals surface area contributed by atoms with E-state index in [9.17, 15) is 4.79 Å². The molecule has 0 spiro atoms. The standard InChI is InChI=1S/C22H35N5OS/c1-24-21(26-17-22(11-12-22)29-19-7-3-2-4-8-19)25-13-5-6-14-27-15-9-18(10-16-27)20(23)28/h2-4,7-8,18H,5-6,9-17H2,1H3,(H2,23,28)(H2,24,25,26). The maximum Gasteiger partial charge on any atom is 0.220 e. The van der Waals surface area contributed by atoms with Gasteiger partial charge in [-0.3, -0.25) is 9.79 Å². The Hall–Kier alpha value is -1.73. The van der Waals surface area contributed by atoms with E-state index in [0.717, 1.165) is 64.4 Å². The molecule has 2 fully saturated rings. The van der Waals surface area contributed by atoms with Crippen molar-refractivity contribution in [2.45, 2.75) is 48.2 Å². The molecular formula is C22H35N5OS. The minimum Gasteiger partial charge on any atom is -0.369 e. The molecule has 1 aliphatic heterocycles. The van der Waals surface area contributed by atoms with E-state index in [-0.39, 0.29) is 11.8 Å². The number of hydrogen-bond donors (Lipinski definition) is 3. The van der Waals surface area contributed by atoms with E-state index in [0.29, 0.717) is 4.75 Å². The molecule has 2 aliphatic rings. The molecule has 0 bridgehead atoms. The van der Waals surface area contributed by atoms with Gasteiger partial charge in [-0.2, -0.15) is 0 Å². The van der Waals surface area contributed by atoms with Gasteiger partial charge in [-0.25, -0.2) is 0 Å². The number of hydrogen-bond acceptors (Lipinski definition) is 4. The van der Waals surface area contributed by atoms with Gasteiger partial charge < -0.3 is 21.3 Å². The lowest BCUT2D eigenvalue weighted by atomic mass is 9.96. The Kier molecular flexibility index (Phi) is 8.24. The number of primary amides is 1. The number of unbranched alkanes of at least 4 members (excludes halogenated alkanes) is 1. The van der Waals surface area contributed by atoms with Gasteiger partial charge in [0, 0.05) is 35.7 Å². The summed E-state index contributed by atoms with van der Waals surface area (Å²) in [4.78, 5) is 19.4. The fourth-order valence-corrected chi connectivity index (χ4v) is 5.01. The highest BCUT2D eigenvalue weighted by atomic mass is 32.2. The molecule has 0 atom stereocenters. The zero-order valence-electron chi connectivity index (χ0n) is 17.5. The number of nitrogens with two attached hydrogens (primary N) is 1. The van der Waals surface area contributed by atoms with E-state index < -0.39 is 0 Å². The molecule has 4 N–H and O–H groups in total. The van der Waals surface area contributed by atoms with Crippen LogP contribution in [-0.2, 0) is 4.79 Å². The minimum atomic E-state index is -0.136. The average molecular weight is 418 g/mol. The van der Waals surface area contributed by atoms with Gasteiger partial charge in [0.25, 0.3) is 0 Å². The molecule has 1 amide bonds. The molecule has 1 saturated carbocycles. The van der Waals surface area contributed by atoms with Crippen LogP contribution < -0.4 is 16.4 Å². The van der Waals surface area contributed by atoms with Crippen molar-refractivity contribution in [1.82, 2.24) is 15.5 Å². The molecular weight excluding hydrogens is 382 g/mol. The predicted molar refractivity (Wildman–Crippen MR) is 121 cm³/mol. The Morgan fingerprint density at radius 2 is 1.93 bits per heavy atom. The molecule has 3 rings (SSSR count). The van der Waals surface area contributed by atoms with Crippen LogP contribution in [0.4, 0.5) is 0 Å². The van der Waals surface area contributed by atoms with Gasteiger partial charge in [-0.15, -0.1) is 11.8 Å².